The fourth-order valence-corrected chi connectivity index (χ4v) is 3.90. The molecule has 1 aliphatic rings. The van der Waals surface area contributed by atoms with E-state index in [0.717, 1.165) is 11.1 Å². The molecule has 1 saturated heterocycles. The van der Waals surface area contributed by atoms with Crippen LogP contribution in [0.4, 0.5) is 9.18 Å². The zero-order valence-electron chi connectivity index (χ0n) is 17.2. The van der Waals surface area contributed by atoms with E-state index in [-0.39, 0.29) is 24.3 Å². The lowest BCUT2D eigenvalue weighted by Gasteiger charge is -2.30. The average Bonchev–Trinajstić information content (AvgIpc) is 2.92. The third-order valence-corrected chi connectivity index (χ3v) is 5.24. The van der Waals surface area contributed by atoms with Crippen LogP contribution in [0.2, 0.25) is 0 Å². The molecule has 0 spiro atoms. The Morgan fingerprint density at radius 1 is 1.10 bits per heavy atom. The molecular formula is C23H28FN3O2. The predicted octanol–water partition coefficient (Wildman–Crippen LogP) is 4.10. The first-order valence-corrected chi connectivity index (χ1v) is 10.0. The number of rotatable bonds is 8. The lowest BCUT2D eigenvalue weighted by Crippen LogP contribution is -2.46. The monoisotopic (exact) mass is 397 g/mol. The SMILES string of the molecule is CCN(Cc1cccc(F)c1)CN1C(=O)N[C@@](CC(C)C)(c2ccccc2)C1=O. The van der Waals surface area contributed by atoms with Gasteiger partial charge in [-0.05, 0) is 42.1 Å². The molecule has 3 amide bonds. The van der Waals surface area contributed by atoms with Gasteiger partial charge in [-0.25, -0.2) is 14.1 Å². The van der Waals surface area contributed by atoms with Gasteiger partial charge >= 0.3 is 6.03 Å². The van der Waals surface area contributed by atoms with E-state index in [1.807, 2.05) is 62.1 Å². The number of halogens is 1. The van der Waals surface area contributed by atoms with Gasteiger partial charge < -0.3 is 5.32 Å². The summed E-state index contributed by atoms with van der Waals surface area (Å²) in [6, 6.07) is 15.4. The van der Waals surface area contributed by atoms with Gasteiger partial charge in [0.1, 0.15) is 11.4 Å². The summed E-state index contributed by atoms with van der Waals surface area (Å²) in [5, 5.41) is 2.97. The Bertz CT molecular complexity index is 871. The molecule has 0 aliphatic carbocycles. The number of hydrogen-bond donors (Lipinski definition) is 1. The first kappa shape index (κ1) is 21.0. The molecule has 0 saturated carbocycles. The predicted molar refractivity (Wildman–Crippen MR) is 110 cm³/mol. The van der Waals surface area contributed by atoms with E-state index >= 15 is 0 Å². The quantitative estimate of drug-likeness (QED) is 0.683. The average molecular weight is 397 g/mol. The molecule has 29 heavy (non-hydrogen) atoms. The van der Waals surface area contributed by atoms with Crippen LogP contribution in [0.3, 0.4) is 0 Å². The van der Waals surface area contributed by atoms with Crippen LogP contribution in [0, 0.1) is 11.7 Å². The minimum absolute atomic E-state index is 0.157. The van der Waals surface area contributed by atoms with E-state index in [1.54, 1.807) is 6.07 Å². The van der Waals surface area contributed by atoms with Crippen molar-refractivity contribution in [3.05, 3.63) is 71.5 Å². The van der Waals surface area contributed by atoms with Crippen molar-refractivity contribution in [3.63, 3.8) is 0 Å². The van der Waals surface area contributed by atoms with Crippen LogP contribution >= 0.6 is 0 Å². The third kappa shape index (κ3) is 4.48. The highest BCUT2D eigenvalue weighted by molar-refractivity contribution is 6.07. The van der Waals surface area contributed by atoms with Crippen molar-refractivity contribution in [1.29, 1.82) is 0 Å². The van der Waals surface area contributed by atoms with Gasteiger partial charge in [0, 0.05) is 6.54 Å². The van der Waals surface area contributed by atoms with Gasteiger partial charge in [-0.1, -0.05) is 63.2 Å². The third-order valence-electron chi connectivity index (χ3n) is 5.24. The van der Waals surface area contributed by atoms with E-state index in [9.17, 15) is 14.0 Å². The summed E-state index contributed by atoms with van der Waals surface area (Å²) >= 11 is 0. The van der Waals surface area contributed by atoms with Gasteiger partial charge in [0.25, 0.3) is 5.91 Å². The Kier molecular flexibility index (Phi) is 6.33. The number of nitrogens with one attached hydrogen (secondary N) is 1. The van der Waals surface area contributed by atoms with E-state index in [4.69, 9.17) is 0 Å². The van der Waals surface area contributed by atoms with Crippen molar-refractivity contribution in [2.24, 2.45) is 5.92 Å². The topological polar surface area (TPSA) is 52.6 Å². The number of carbonyl (C=O) groups is 2. The Balaban J connectivity index is 1.84. The first-order valence-electron chi connectivity index (χ1n) is 10.0. The van der Waals surface area contributed by atoms with Crippen molar-refractivity contribution in [2.45, 2.75) is 39.3 Å². The molecule has 2 aromatic carbocycles. The van der Waals surface area contributed by atoms with Crippen molar-refractivity contribution in [3.8, 4) is 0 Å². The number of imide groups is 1. The highest BCUT2D eigenvalue weighted by Gasteiger charge is 2.52. The molecule has 1 heterocycles. The second kappa shape index (κ2) is 8.74. The lowest BCUT2D eigenvalue weighted by atomic mass is 9.82. The minimum atomic E-state index is -1.05. The van der Waals surface area contributed by atoms with Gasteiger partial charge in [-0.2, -0.15) is 0 Å². The van der Waals surface area contributed by atoms with Crippen molar-refractivity contribution in [2.75, 3.05) is 13.2 Å². The summed E-state index contributed by atoms with van der Waals surface area (Å²) in [6.07, 6.45) is 0.522. The van der Waals surface area contributed by atoms with Crippen LogP contribution in [0.1, 0.15) is 38.3 Å². The van der Waals surface area contributed by atoms with Crippen molar-refractivity contribution < 1.29 is 14.0 Å². The zero-order valence-corrected chi connectivity index (χ0v) is 17.2. The molecule has 0 radical (unpaired) electrons. The number of urea groups is 1. The molecule has 0 aromatic heterocycles. The molecule has 5 nitrogen and oxygen atoms in total. The molecule has 3 rings (SSSR count). The Morgan fingerprint density at radius 3 is 2.45 bits per heavy atom. The van der Waals surface area contributed by atoms with Gasteiger partial charge in [0.05, 0.1) is 6.67 Å². The molecule has 1 N–H and O–H groups in total. The Labute approximate surface area is 171 Å². The molecule has 2 aromatic rings. The van der Waals surface area contributed by atoms with Crippen LogP contribution in [-0.4, -0.2) is 35.0 Å². The van der Waals surface area contributed by atoms with Crippen molar-refractivity contribution in [1.82, 2.24) is 15.1 Å². The summed E-state index contributed by atoms with van der Waals surface area (Å²) in [5.41, 5.74) is 0.545. The van der Waals surface area contributed by atoms with Gasteiger partial charge in [0.15, 0.2) is 0 Å². The van der Waals surface area contributed by atoms with Crippen LogP contribution < -0.4 is 5.32 Å². The second-order valence-electron chi connectivity index (χ2n) is 7.95. The van der Waals surface area contributed by atoms with Gasteiger partial charge in [-0.3, -0.25) is 9.69 Å². The van der Waals surface area contributed by atoms with Crippen LogP contribution in [0.5, 0.6) is 0 Å². The summed E-state index contributed by atoms with van der Waals surface area (Å²) in [5.74, 6) is -0.317. The molecule has 1 aliphatic heterocycles. The normalized spacial score (nSPS) is 19.3. The smallest absolute Gasteiger partial charge is 0.319 e. The fourth-order valence-electron chi connectivity index (χ4n) is 3.90. The number of nitrogens with zero attached hydrogens (tertiary/aromatic N) is 2. The molecule has 1 atom stereocenters. The van der Waals surface area contributed by atoms with E-state index in [0.29, 0.717) is 19.5 Å². The maximum Gasteiger partial charge on any atom is 0.326 e. The molecule has 0 bridgehead atoms. The highest BCUT2D eigenvalue weighted by atomic mass is 19.1. The van der Waals surface area contributed by atoms with Gasteiger partial charge in [-0.15, -0.1) is 0 Å². The number of benzene rings is 2. The summed E-state index contributed by atoms with van der Waals surface area (Å²) in [4.78, 5) is 29.5. The highest BCUT2D eigenvalue weighted by Crippen LogP contribution is 2.35. The van der Waals surface area contributed by atoms with E-state index in [2.05, 4.69) is 5.32 Å². The fraction of sp³-hybridized carbons (Fsp3) is 0.391. The Morgan fingerprint density at radius 2 is 1.83 bits per heavy atom. The standard InChI is InChI=1S/C23H28FN3O2/c1-4-26(15-18-9-8-12-20(24)13-18)16-27-21(28)23(14-17(2)3,25-22(27)29)19-10-6-5-7-11-19/h5-13,17H,4,14-16H2,1-3H3,(H,25,29)/t23-/m0/s1. The summed E-state index contributed by atoms with van der Waals surface area (Å²) < 4.78 is 13.5. The molecular weight excluding hydrogens is 369 g/mol. The zero-order chi connectivity index (χ0) is 21.0. The summed E-state index contributed by atoms with van der Waals surface area (Å²) in [7, 11) is 0. The molecule has 154 valence electrons. The number of hydrogen-bond acceptors (Lipinski definition) is 3. The van der Waals surface area contributed by atoms with Crippen LogP contribution in [-0.2, 0) is 16.9 Å². The number of amides is 3. The summed E-state index contributed by atoms with van der Waals surface area (Å²) in [6.45, 7) is 7.26. The minimum Gasteiger partial charge on any atom is -0.319 e. The maximum absolute atomic E-state index is 13.5. The first-order chi connectivity index (χ1) is 13.9. The van der Waals surface area contributed by atoms with E-state index in [1.165, 1.54) is 17.0 Å². The van der Waals surface area contributed by atoms with Crippen molar-refractivity contribution >= 4 is 11.9 Å². The maximum atomic E-state index is 13.5. The number of carbonyl (C=O) groups excluding carboxylic acids is 2. The largest absolute Gasteiger partial charge is 0.326 e. The van der Waals surface area contributed by atoms with Crippen LogP contribution in [0.15, 0.2) is 54.6 Å². The van der Waals surface area contributed by atoms with Gasteiger partial charge in [0.2, 0.25) is 0 Å². The molecule has 6 heteroatoms. The lowest BCUT2D eigenvalue weighted by molar-refractivity contribution is -0.133. The van der Waals surface area contributed by atoms with E-state index < -0.39 is 11.6 Å². The van der Waals surface area contributed by atoms with Crippen LogP contribution in [0.25, 0.3) is 0 Å². The molecule has 1 fully saturated rings. The second-order valence-corrected chi connectivity index (χ2v) is 7.95. The Hall–Kier alpha value is -2.73. The molecule has 0 unspecified atom stereocenters.